The van der Waals surface area contributed by atoms with E-state index in [2.05, 4.69) is 21.2 Å². The van der Waals surface area contributed by atoms with Crippen molar-refractivity contribution in [2.24, 2.45) is 0 Å². The number of anilines is 1. The molecule has 0 fully saturated rings. The molecular weight excluding hydrogens is 290 g/mol. The molecule has 0 radical (unpaired) electrons. The van der Waals surface area contributed by atoms with E-state index in [9.17, 15) is 5.11 Å². The molecule has 0 heterocycles. The van der Waals surface area contributed by atoms with Crippen LogP contribution in [-0.2, 0) is 0 Å². The summed E-state index contributed by atoms with van der Waals surface area (Å²) in [7, 11) is 0. The van der Waals surface area contributed by atoms with Crippen molar-refractivity contribution in [3.05, 3.63) is 64.1 Å². The van der Waals surface area contributed by atoms with Gasteiger partial charge in [-0.2, -0.15) is 0 Å². The first-order valence-electron chi connectivity index (χ1n) is 5.90. The number of benzene rings is 2. The van der Waals surface area contributed by atoms with Crippen LogP contribution >= 0.6 is 15.9 Å². The summed E-state index contributed by atoms with van der Waals surface area (Å²) < 4.78 is 1.02. The molecule has 0 amide bonds. The Labute approximate surface area is 116 Å². The van der Waals surface area contributed by atoms with Crippen molar-refractivity contribution >= 4 is 21.6 Å². The number of nitrogens with one attached hydrogen (secondary N) is 1. The van der Waals surface area contributed by atoms with E-state index in [1.54, 1.807) is 0 Å². The average molecular weight is 306 g/mol. The second-order valence-corrected chi connectivity index (χ2v) is 5.18. The third kappa shape index (κ3) is 3.34. The number of aryl methyl sites for hydroxylation is 1. The van der Waals surface area contributed by atoms with Gasteiger partial charge in [0, 0.05) is 16.7 Å². The standard InChI is InChI=1S/C15H16BrNO/c1-11-4-2-3-5-14(11)17-10-15(18)12-6-8-13(16)9-7-12/h2-9,15,17-18H,10H2,1H3. The highest BCUT2D eigenvalue weighted by Crippen LogP contribution is 2.19. The van der Waals surface area contributed by atoms with Crippen molar-refractivity contribution in [3.8, 4) is 0 Å². The van der Waals surface area contributed by atoms with Gasteiger partial charge < -0.3 is 10.4 Å². The molecule has 0 saturated carbocycles. The van der Waals surface area contributed by atoms with Gasteiger partial charge in [-0.1, -0.05) is 46.3 Å². The molecule has 18 heavy (non-hydrogen) atoms. The number of aliphatic hydroxyl groups excluding tert-OH is 1. The molecule has 2 nitrogen and oxygen atoms in total. The van der Waals surface area contributed by atoms with Crippen LogP contribution in [0.25, 0.3) is 0 Å². The molecule has 1 unspecified atom stereocenters. The molecule has 1 atom stereocenters. The summed E-state index contributed by atoms with van der Waals surface area (Å²) in [5.74, 6) is 0. The van der Waals surface area contributed by atoms with Crippen molar-refractivity contribution in [1.82, 2.24) is 0 Å². The second kappa shape index (κ2) is 6.03. The number of aliphatic hydroxyl groups is 1. The van der Waals surface area contributed by atoms with Crippen LogP contribution in [0.4, 0.5) is 5.69 Å². The van der Waals surface area contributed by atoms with Gasteiger partial charge in [-0.3, -0.25) is 0 Å². The summed E-state index contributed by atoms with van der Waals surface area (Å²) >= 11 is 3.38. The van der Waals surface area contributed by atoms with Crippen LogP contribution < -0.4 is 5.32 Å². The quantitative estimate of drug-likeness (QED) is 0.898. The third-order valence-electron chi connectivity index (χ3n) is 2.89. The minimum absolute atomic E-state index is 0.502. The zero-order valence-corrected chi connectivity index (χ0v) is 11.8. The van der Waals surface area contributed by atoms with Crippen molar-refractivity contribution in [2.45, 2.75) is 13.0 Å². The van der Waals surface area contributed by atoms with E-state index in [0.717, 1.165) is 15.7 Å². The van der Waals surface area contributed by atoms with Crippen LogP contribution in [0.2, 0.25) is 0 Å². The molecule has 2 N–H and O–H groups in total. The van der Waals surface area contributed by atoms with Crippen molar-refractivity contribution in [2.75, 3.05) is 11.9 Å². The predicted octanol–water partition coefficient (Wildman–Crippen LogP) is 3.90. The fraction of sp³-hybridized carbons (Fsp3) is 0.200. The Hall–Kier alpha value is -1.32. The second-order valence-electron chi connectivity index (χ2n) is 4.26. The lowest BCUT2D eigenvalue weighted by molar-refractivity contribution is 0.191. The Kier molecular flexibility index (Phi) is 4.39. The molecule has 2 rings (SSSR count). The lowest BCUT2D eigenvalue weighted by Crippen LogP contribution is -2.12. The lowest BCUT2D eigenvalue weighted by Gasteiger charge is -2.14. The maximum atomic E-state index is 10.1. The van der Waals surface area contributed by atoms with Crippen molar-refractivity contribution < 1.29 is 5.11 Å². The molecule has 94 valence electrons. The zero-order valence-electron chi connectivity index (χ0n) is 10.2. The average Bonchev–Trinajstić information content (AvgIpc) is 2.38. The monoisotopic (exact) mass is 305 g/mol. The molecule has 0 saturated heterocycles. The van der Waals surface area contributed by atoms with Crippen LogP contribution in [0.15, 0.2) is 53.0 Å². The Bertz CT molecular complexity index is 510. The molecule has 0 aliphatic rings. The summed E-state index contributed by atoms with van der Waals surface area (Å²) in [5.41, 5.74) is 3.16. The minimum atomic E-state index is -0.502. The lowest BCUT2D eigenvalue weighted by atomic mass is 10.1. The molecule has 0 aliphatic heterocycles. The number of rotatable bonds is 4. The largest absolute Gasteiger partial charge is 0.387 e. The fourth-order valence-electron chi connectivity index (χ4n) is 1.78. The van der Waals surface area contributed by atoms with Gasteiger partial charge in [0.05, 0.1) is 6.10 Å². The fourth-order valence-corrected chi connectivity index (χ4v) is 2.04. The van der Waals surface area contributed by atoms with E-state index in [1.165, 1.54) is 5.56 Å². The Morgan fingerprint density at radius 3 is 2.44 bits per heavy atom. The molecule has 2 aromatic rings. The van der Waals surface area contributed by atoms with E-state index in [-0.39, 0.29) is 0 Å². The van der Waals surface area contributed by atoms with E-state index in [4.69, 9.17) is 0 Å². The van der Waals surface area contributed by atoms with Crippen LogP contribution in [0.5, 0.6) is 0 Å². The Morgan fingerprint density at radius 1 is 1.11 bits per heavy atom. The van der Waals surface area contributed by atoms with Gasteiger partial charge in [-0.15, -0.1) is 0 Å². The summed E-state index contributed by atoms with van der Waals surface area (Å²) in [4.78, 5) is 0. The van der Waals surface area contributed by atoms with Crippen LogP contribution in [-0.4, -0.2) is 11.7 Å². The summed E-state index contributed by atoms with van der Waals surface area (Å²) in [5, 5.41) is 13.3. The van der Waals surface area contributed by atoms with Crippen LogP contribution in [0.3, 0.4) is 0 Å². The van der Waals surface area contributed by atoms with Gasteiger partial charge in [0.15, 0.2) is 0 Å². The first-order chi connectivity index (χ1) is 8.66. The van der Waals surface area contributed by atoms with E-state index < -0.39 is 6.10 Å². The SMILES string of the molecule is Cc1ccccc1NCC(O)c1ccc(Br)cc1. The van der Waals surface area contributed by atoms with Gasteiger partial charge >= 0.3 is 0 Å². The molecule has 3 heteroatoms. The van der Waals surface area contributed by atoms with Gasteiger partial charge in [0.25, 0.3) is 0 Å². The first-order valence-corrected chi connectivity index (χ1v) is 6.69. The molecule has 0 spiro atoms. The minimum Gasteiger partial charge on any atom is -0.387 e. The van der Waals surface area contributed by atoms with Crippen molar-refractivity contribution in [3.63, 3.8) is 0 Å². The first kappa shape index (κ1) is 13.1. The van der Waals surface area contributed by atoms with Gasteiger partial charge in [0.2, 0.25) is 0 Å². The van der Waals surface area contributed by atoms with Gasteiger partial charge in [0.1, 0.15) is 0 Å². The summed E-state index contributed by atoms with van der Waals surface area (Å²) in [6.45, 7) is 2.56. The van der Waals surface area contributed by atoms with Gasteiger partial charge in [-0.05, 0) is 36.2 Å². The third-order valence-corrected chi connectivity index (χ3v) is 3.41. The number of halogens is 1. The molecular formula is C15H16BrNO. The number of hydrogen-bond donors (Lipinski definition) is 2. The predicted molar refractivity (Wildman–Crippen MR) is 78.8 cm³/mol. The molecule has 0 bridgehead atoms. The van der Waals surface area contributed by atoms with E-state index in [1.807, 2.05) is 55.5 Å². The summed E-state index contributed by atoms with van der Waals surface area (Å²) in [6, 6.07) is 15.8. The van der Waals surface area contributed by atoms with E-state index >= 15 is 0 Å². The van der Waals surface area contributed by atoms with E-state index in [0.29, 0.717) is 6.54 Å². The highest BCUT2D eigenvalue weighted by atomic mass is 79.9. The summed E-state index contributed by atoms with van der Waals surface area (Å²) in [6.07, 6.45) is -0.502. The van der Waals surface area contributed by atoms with Crippen molar-refractivity contribution in [1.29, 1.82) is 0 Å². The smallest absolute Gasteiger partial charge is 0.0962 e. The van der Waals surface area contributed by atoms with Crippen LogP contribution in [0.1, 0.15) is 17.2 Å². The molecule has 0 aliphatic carbocycles. The number of para-hydroxylation sites is 1. The normalized spacial score (nSPS) is 12.2. The maximum absolute atomic E-state index is 10.1. The van der Waals surface area contributed by atoms with Crippen LogP contribution in [0, 0.1) is 6.92 Å². The Morgan fingerprint density at radius 2 is 1.78 bits per heavy atom. The maximum Gasteiger partial charge on any atom is 0.0962 e. The molecule has 2 aromatic carbocycles. The zero-order chi connectivity index (χ0) is 13.0. The van der Waals surface area contributed by atoms with Gasteiger partial charge in [-0.25, -0.2) is 0 Å². The highest BCUT2D eigenvalue weighted by molar-refractivity contribution is 9.10. The Balaban J connectivity index is 1.98. The topological polar surface area (TPSA) is 32.3 Å². The number of hydrogen-bond acceptors (Lipinski definition) is 2. The molecule has 0 aromatic heterocycles. The highest BCUT2D eigenvalue weighted by Gasteiger charge is 2.07.